The molecule has 1 rings (SSSR count). The molecule has 0 fully saturated rings. The molecule has 11 heavy (non-hydrogen) atoms. The lowest BCUT2D eigenvalue weighted by molar-refractivity contribution is 0.112. The molecule has 0 saturated carbocycles. The van der Waals surface area contributed by atoms with Crippen molar-refractivity contribution in [2.45, 2.75) is 0 Å². The number of pyridine rings is 1. The van der Waals surface area contributed by atoms with E-state index in [9.17, 15) is 4.79 Å². The number of hydrogen-bond acceptors (Lipinski definition) is 2. The highest BCUT2D eigenvalue weighted by atomic mass is 35.5. The van der Waals surface area contributed by atoms with E-state index in [1.165, 1.54) is 6.07 Å². The second kappa shape index (κ2) is 3.39. The van der Waals surface area contributed by atoms with Crippen LogP contribution in [0.15, 0.2) is 6.07 Å². The van der Waals surface area contributed by atoms with Gasteiger partial charge in [0.25, 0.3) is 0 Å². The average molecular weight is 210 g/mol. The van der Waals surface area contributed by atoms with Gasteiger partial charge in [0.1, 0.15) is 10.3 Å². The standard InChI is InChI=1S/C6H2Cl3NO/c7-4-1-3(2-11)5(8)6(9)10-4/h1-2H. The van der Waals surface area contributed by atoms with Gasteiger partial charge in [-0.25, -0.2) is 4.98 Å². The van der Waals surface area contributed by atoms with Crippen molar-refractivity contribution in [1.29, 1.82) is 0 Å². The SMILES string of the molecule is O=Cc1cc(Cl)nc(Cl)c1Cl. The fourth-order valence-corrected chi connectivity index (χ4v) is 1.16. The Kier molecular flexibility index (Phi) is 2.71. The van der Waals surface area contributed by atoms with Crippen LogP contribution in [0.2, 0.25) is 15.3 Å². The van der Waals surface area contributed by atoms with Gasteiger partial charge < -0.3 is 0 Å². The van der Waals surface area contributed by atoms with Crippen molar-refractivity contribution in [1.82, 2.24) is 4.98 Å². The molecular weight excluding hydrogens is 208 g/mol. The van der Waals surface area contributed by atoms with Gasteiger partial charge >= 0.3 is 0 Å². The first-order valence-electron chi connectivity index (χ1n) is 2.62. The molecule has 0 bridgehead atoms. The van der Waals surface area contributed by atoms with Crippen LogP contribution in [0.5, 0.6) is 0 Å². The zero-order valence-corrected chi connectivity index (χ0v) is 7.41. The van der Waals surface area contributed by atoms with E-state index in [4.69, 9.17) is 34.8 Å². The van der Waals surface area contributed by atoms with E-state index in [-0.39, 0.29) is 20.9 Å². The van der Waals surface area contributed by atoms with Crippen LogP contribution in [0, 0.1) is 0 Å². The first kappa shape index (κ1) is 8.78. The number of hydrogen-bond donors (Lipinski definition) is 0. The fraction of sp³-hybridized carbons (Fsp3) is 0. The summed E-state index contributed by atoms with van der Waals surface area (Å²) in [6.45, 7) is 0. The van der Waals surface area contributed by atoms with Crippen LogP contribution >= 0.6 is 34.8 Å². The van der Waals surface area contributed by atoms with Crippen LogP contribution in [0.4, 0.5) is 0 Å². The van der Waals surface area contributed by atoms with E-state index in [0.717, 1.165) is 0 Å². The summed E-state index contributed by atoms with van der Waals surface area (Å²) in [5.41, 5.74) is 0.247. The Morgan fingerprint density at radius 2 is 2.00 bits per heavy atom. The van der Waals surface area contributed by atoms with Crippen molar-refractivity contribution in [3.8, 4) is 0 Å². The van der Waals surface area contributed by atoms with E-state index in [1.54, 1.807) is 0 Å². The molecule has 2 nitrogen and oxygen atoms in total. The van der Waals surface area contributed by atoms with Crippen molar-refractivity contribution in [2.24, 2.45) is 0 Å². The third-order valence-corrected chi connectivity index (χ3v) is 2.00. The Morgan fingerprint density at radius 3 is 2.55 bits per heavy atom. The molecule has 0 aliphatic carbocycles. The van der Waals surface area contributed by atoms with Crippen LogP contribution in [0.3, 0.4) is 0 Å². The highest BCUT2D eigenvalue weighted by molar-refractivity contribution is 6.43. The molecule has 0 aromatic carbocycles. The van der Waals surface area contributed by atoms with Crippen molar-refractivity contribution in [2.75, 3.05) is 0 Å². The third-order valence-electron chi connectivity index (χ3n) is 1.04. The predicted molar refractivity (Wildman–Crippen MR) is 44.7 cm³/mol. The van der Waals surface area contributed by atoms with E-state index in [0.29, 0.717) is 6.29 Å². The van der Waals surface area contributed by atoms with Crippen molar-refractivity contribution in [3.63, 3.8) is 0 Å². The summed E-state index contributed by atoms with van der Waals surface area (Å²) in [5, 5.41) is 0.328. The second-order valence-corrected chi connectivity index (χ2v) is 2.88. The van der Waals surface area contributed by atoms with E-state index in [2.05, 4.69) is 4.98 Å². The minimum absolute atomic E-state index is 0.0428. The van der Waals surface area contributed by atoms with Gasteiger partial charge in [0.15, 0.2) is 6.29 Å². The number of halogens is 3. The van der Waals surface area contributed by atoms with Crippen molar-refractivity contribution >= 4 is 41.1 Å². The lowest BCUT2D eigenvalue weighted by Crippen LogP contribution is -1.86. The smallest absolute Gasteiger partial charge is 0.151 e. The number of nitrogens with zero attached hydrogens (tertiary/aromatic N) is 1. The zero-order valence-electron chi connectivity index (χ0n) is 5.14. The average Bonchev–Trinajstić information content (AvgIpc) is 1.96. The van der Waals surface area contributed by atoms with Gasteiger partial charge in [0.05, 0.1) is 5.02 Å². The number of rotatable bonds is 1. The van der Waals surface area contributed by atoms with Crippen LogP contribution < -0.4 is 0 Å². The maximum Gasteiger partial charge on any atom is 0.151 e. The van der Waals surface area contributed by atoms with Gasteiger partial charge in [0.2, 0.25) is 0 Å². The van der Waals surface area contributed by atoms with E-state index in [1.807, 2.05) is 0 Å². The molecule has 0 spiro atoms. The van der Waals surface area contributed by atoms with Gasteiger partial charge in [-0.2, -0.15) is 0 Å². The molecule has 1 heterocycles. The number of carbonyl (C=O) groups excluding carboxylic acids is 1. The minimum atomic E-state index is 0.0428. The van der Waals surface area contributed by atoms with Crippen molar-refractivity contribution in [3.05, 3.63) is 27.0 Å². The van der Waals surface area contributed by atoms with Crippen molar-refractivity contribution < 1.29 is 4.79 Å². The second-order valence-electron chi connectivity index (χ2n) is 1.76. The van der Waals surface area contributed by atoms with Gasteiger partial charge in [-0.3, -0.25) is 4.79 Å². The topological polar surface area (TPSA) is 30.0 Å². The number of carbonyl (C=O) groups is 1. The van der Waals surface area contributed by atoms with E-state index < -0.39 is 0 Å². The van der Waals surface area contributed by atoms with Crippen LogP contribution in [-0.4, -0.2) is 11.3 Å². The molecule has 5 heteroatoms. The lowest BCUT2D eigenvalue weighted by atomic mass is 10.3. The Labute approximate surface area is 78.1 Å². The van der Waals surface area contributed by atoms with Gasteiger partial charge in [-0.1, -0.05) is 34.8 Å². The molecule has 1 aromatic heterocycles. The molecular formula is C6H2Cl3NO. The Hall–Kier alpha value is -0.310. The zero-order chi connectivity index (χ0) is 8.43. The lowest BCUT2D eigenvalue weighted by Gasteiger charge is -1.97. The number of aldehydes is 1. The molecule has 0 saturated heterocycles. The highest BCUT2D eigenvalue weighted by Gasteiger charge is 2.06. The maximum absolute atomic E-state index is 10.3. The monoisotopic (exact) mass is 209 g/mol. The third kappa shape index (κ3) is 1.83. The fourth-order valence-electron chi connectivity index (χ4n) is 0.572. The molecule has 58 valence electrons. The summed E-state index contributed by atoms with van der Waals surface area (Å²) >= 11 is 16.6. The summed E-state index contributed by atoms with van der Waals surface area (Å²) in [6.07, 6.45) is 0.571. The molecule has 0 aliphatic heterocycles. The van der Waals surface area contributed by atoms with Crippen LogP contribution in [0.25, 0.3) is 0 Å². The molecule has 1 aromatic rings. The molecule has 0 amide bonds. The predicted octanol–water partition coefficient (Wildman–Crippen LogP) is 2.85. The summed E-state index contributed by atoms with van der Waals surface area (Å²) in [6, 6.07) is 1.35. The summed E-state index contributed by atoms with van der Waals surface area (Å²) < 4.78 is 0. The first-order valence-corrected chi connectivity index (χ1v) is 3.75. The molecule has 0 unspecified atom stereocenters. The first-order chi connectivity index (χ1) is 5.15. The normalized spacial score (nSPS) is 9.73. The summed E-state index contributed by atoms with van der Waals surface area (Å²) in [5.74, 6) is 0. The van der Waals surface area contributed by atoms with Gasteiger partial charge in [0, 0.05) is 5.56 Å². The number of aromatic nitrogens is 1. The Morgan fingerprint density at radius 1 is 1.36 bits per heavy atom. The maximum atomic E-state index is 10.3. The molecule has 0 atom stereocenters. The summed E-state index contributed by atoms with van der Waals surface area (Å²) in [7, 11) is 0. The van der Waals surface area contributed by atoms with Crippen LogP contribution in [0.1, 0.15) is 10.4 Å². The largest absolute Gasteiger partial charge is 0.298 e. The Balaban J connectivity index is 3.35. The van der Waals surface area contributed by atoms with Gasteiger partial charge in [-0.05, 0) is 6.07 Å². The summed E-state index contributed by atoms with van der Waals surface area (Å²) in [4.78, 5) is 13.9. The Bertz CT molecular complexity index is 300. The van der Waals surface area contributed by atoms with Crippen LogP contribution in [-0.2, 0) is 0 Å². The molecule has 0 radical (unpaired) electrons. The quantitative estimate of drug-likeness (QED) is 0.527. The molecule has 0 N–H and O–H groups in total. The van der Waals surface area contributed by atoms with E-state index >= 15 is 0 Å². The highest BCUT2D eigenvalue weighted by Crippen LogP contribution is 2.25. The minimum Gasteiger partial charge on any atom is -0.298 e. The van der Waals surface area contributed by atoms with Gasteiger partial charge in [-0.15, -0.1) is 0 Å². The molecule has 0 aliphatic rings.